The van der Waals surface area contributed by atoms with Crippen LogP contribution in [0.2, 0.25) is 0 Å². The number of nitrogens with zero attached hydrogens (tertiary/aromatic N) is 3. The van der Waals surface area contributed by atoms with E-state index in [-0.39, 0.29) is 5.91 Å². The van der Waals surface area contributed by atoms with Crippen molar-refractivity contribution in [3.63, 3.8) is 0 Å². The van der Waals surface area contributed by atoms with Crippen molar-refractivity contribution in [3.05, 3.63) is 18.5 Å². The van der Waals surface area contributed by atoms with E-state index in [1.807, 2.05) is 12.3 Å². The van der Waals surface area contributed by atoms with Gasteiger partial charge in [0.1, 0.15) is 6.54 Å². The zero-order valence-corrected chi connectivity index (χ0v) is 13.4. The first-order valence-corrected chi connectivity index (χ1v) is 8.82. The molecule has 22 heavy (non-hydrogen) atoms. The third kappa shape index (κ3) is 4.32. The Morgan fingerprint density at radius 2 is 1.95 bits per heavy atom. The van der Waals surface area contributed by atoms with Crippen LogP contribution in [0.1, 0.15) is 51.4 Å². The minimum atomic E-state index is 0.0800. The van der Waals surface area contributed by atoms with Gasteiger partial charge in [-0.15, -0.1) is 0 Å². The van der Waals surface area contributed by atoms with E-state index in [2.05, 4.69) is 15.3 Å². The molecule has 1 atom stereocenters. The summed E-state index contributed by atoms with van der Waals surface area (Å²) in [5.74, 6) is 0.0800. The van der Waals surface area contributed by atoms with E-state index >= 15 is 0 Å². The fourth-order valence-electron chi connectivity index (χ4n) is 3.89. The predicted octanol–water partition coefficient (Wildman–Crippen LogP) is 2.19. The zero-order valence-electron chi connectivity index (χ0n) is 13.4. The van der Waals surface area contributed by atoms with Crippen molar-refractivity contribution < 1.29 is 4.79 Å². The number of hydrogen-bond donors (Lipinski definition) is 1. The minimum absolute atomic E-state index is 0.0800. The van der Waals surface area contributed by atoms with Crippen LogP contribution in [0.4, 0.5) is 0 Å². The van der Waals surface area contributed by atoms with E-state index in [0.717, 1.165) is 19.0 Å². The molecule has 1 aliphatic heterocycles. The maximum absolute atomic E-state index is 12.1. The van der Waals surface area contributed by atoms with Crippen LogP contribution in [0, 0.1) is 0 Å². The van der Waals surface area contributed by atoms with Crippen LogP contribution in [0.3, 0.4) is 0 Å². The first-order valence-electron chi connectivity index (χ1n) is 8.82. The lowest BCUT2D eigenvalue weighted by Gasteiger charge is -2.38. The Morgan fingerprint density at radius 1 is 1.14 bits per heavy atom. The molecule has 0 spiro atoms. The van der Waals surface area contributed by atoms with Gasteiger partial charge in [-0.2, -0.15) is 5.10 Å². The normalized spacial score (nSPS) is 24.8. The summed E-state index contributed by atoms with van der Waals surface area (Å²) < 4.78 is 1.68. The number of carbonyl (C=O) groups excluding carboxylic acids is 1. The summed E-state index contributed by atoms with van der Waals surface area (Å²) in [6, 6.07) is 2.90. The smallest absolute Gasteiger partial charge is 0.241 e. The summed E-state index contributed by atoms with van der Waals surface area (Å²) in [6.07, 6.45) is 14.1. The van der Waals surface area contributed by atoms with Crippen LogP contribution >= 0.6 is 0 Å². The molecule has 122 valence electrons. The maximum Gasteiger partial charge on any atom is 0.241 e. The van der Waals surface area contributed by atoms with Gasteiger partial charge in [0.2, 0.25) is 5.91 Å². The second-order valence-corrected chi connectivity index (χ2v) is 6.75. The summed E-state index contributed by atoms with van der Waals surface area (Å²) in [5, 5.41) is 7.29. The molecule has 1 aromatic heterocycles. The van der Waals surface area contributed by atoms with E-state index in [1.54, 1.807) is 10.9 Å². The summed E-state index contributed by atoms with van der Waals surface area (Å²) in [5.41, 5.74) is 0. The third-order valence-electron chi connectivity index (χ3n) is 5.02. The van der Waals surface area contributed by atoms with Crippen LogP contribution in [0.25, 0.3) is 0 Å². The van der Waals surface area contributed by atoms with Crippen LogP contribution in [-0.4, -0.2) is 45.8 Å². The molecule has 1 saturated carbocycles. The second-order valence-electron chi connectivity index (χ2n) is 6.75. The lowest BCUT2D eigenvalue weighted by molar-refractivity contribution is -0.123. The standard InChI is InChI=1S/C17H28N4O/c22-17(14-21-12-6-10-18-21)19-15-7-5-11-20(13-15)16-8-3-1-2-4-9-16/h6,10,12,15-16H,1-5,7-9,11,13-14H2,(H,19,22)/t15-/m1/s1. The highest BCUT2D eigenvalue weighted by molar-refractivity contribution is 5.75. The van der Waals surface area contributed by atoms with Crippen molar-refractivity contribution in [2.24, 2.45) is 0 Å². The Labute approximate surface area is 133 Å². The van der Waals surface area contributed by atoms with E-state index < -0.39 is 0 Å². The number of carbonyl (C=O) groups is 1. The van der Waals surface area contributed by atoms with Crippen molar-refractivity contribution >= 4 is 5.91 Å². The lowest BCUT2D eigenvalue weighted by atomic mass is 10.00. The Morgan fingerprint density at radius 3 is 2.68 bits per heavy atom. The van der Waals surface area contributed by atoms with Gasteiger partial charge in [-0.1, -0.05) is 25.7 Å². The van der Waals surface area contributed by atoms with E-state index in [9.17, 15) is 4.79 Å². The molecular weight excluding hydrogens is 276 g/mol. The van der Waals surface area contributed by atoms with Crippen LogP contribution in [0.5, 0.6) is 0 Å². The maximum atomic E-state index is 12.1. The van der Waals surface area contributed by atoms with Gasteiger partial charge in [-0.3, -0.25) is 14.4 Å². The van der Waals surface area contributed by atoms with Gasteiger partial charge in [-0.25, -0.2) is 0 Å². The number of likely N-dealkylation sites (tertiary alicyclic amines) is 1. The highest BCUT2D eigenvalue weighted by atomic mass is 16.2. The van der Waals surface area contributed by atoms with Gasteiger partial charge in [0, 0.05) is 31.0 Å². The second kappa shape index (κ2) is 7.77. The average molecular weight is 304 g/mol. The molecule has 2 heterocycles. The molecule has 1 N–H and O–H groups in total. The van der Waals surface area contributed by atoms with Crippen molar-refractivity contribution in [2.45, 2.75) is 70.0 Å². The van der Waals surface area contributed by atoms with Crippen LogP contribution in [0.15, 0.2) is 18.5 Å². The molecule has 0 radical (unpaired) electrons. The predicted molar refractivity (Wildman–Crippen MR) is 86.5 cm³/mol. The van der Waals surface area contributed by atoms with Gasteiger partial charge in [0.05, 0.1) is 0 Å². The van der Waals surface area contributed by atoms with Gasteiger partial charge >= 0.3 is 0 Å². The lowest BCUT2D eigenvalue weighted by Crippen LogP contribution is -2.51. The van der Waals surface area contributed by atoms with Gasteiger partial charge in [-0.05, 0) is 38.3 Å². The van der Waals surface area contributed by atoms with Gasteiger partial charge in [0.25, 0.3) is 0 Å². The molecule has 1 aliphatic carbocycles. The summed E-state index contributed by atoms with van der Waals surface area (Å²) in [7, 11) is 0. The average Bonchev–Trinajstić information content (AvgIpc) is 2.87. The highest BCUT2D eigenvalue weighted by Crippen LogP contribution is 2.24. The van der Waals surface area contributed by atoms with Crippen molar-refractivity contribution in [1.82, 2.24) is 20.0 Å². The highest BCUT2D eigenvalue weighted by Gasteiger charge is 2.27. The molecule has 5 heteroatoms. The number of nitrogens with one attached hydrogen (secondary N) is 1. The minimum Gasteiger partial charge on any atom is -0.350 e. The number of aromatic nitrogens is 2. The molecule has 0 unspecified atom stereocenters. The van der Waals surface area contributed by atoms with Gasteiger partial charge < -0.3 is 5.32 Å². The van der Waals surface area contributed by atoms with E-state index in [0.29, 0.717) is 12.6 Å². The first-order chi connectivity index (χ1) is 10.8. The molecule has 5 nitrogen and oxygen atoms in total. The van der Waals surface area contributed by atoms with Crippen LogP contribution < -0.4 is 5.32 Å². The zero-order chi connectivity index (χ0) is 15.2. The van der Waals surface area contributed by atoms with Crippen LogP contribution in [-0.2, 0) is 11.3 Å². The summed E-state index contributed by atoms with van der Waals surface area (Å²) in [6.45, 7) is 2.55. The molecule has 0 aromatic carbocycles. The molecule has 2 fully saturated rings. The Kier molecular flexibility index (Phi) is 5.48. The topological polar surface area (TPSA) is 50.2 Å². The fraction of sp³-hybridized carbons (Fsp3) is 0.765. The van der Waals surface area contributed by atoms with Crippen molar-refractivity contribution in [3.8, 4) is 0 Å². The monoisotopic (exact) mass is 304 g/mol. The number of amides is 1. The first kappa shape index (κ1) is 15.5. The molecule has 1 saturated heterocycles. The molecule has 1 amide bonds. The number of piperidine rings is 1. The van der Waals surface area contributed by atoms with E-state index in [1.165, 1.54) is 51.5 Å². The SMILES string of the molecule is O=C(Cn1cccn1)N[C@@H]1CCCN(C2CCCCCC2)C1. The fourth-order valence-corrected chi connectivity index (χ4v) is 3.89. The van der Waals surface area contributed by atoms with Crippen molar-refractivity contribution in [2.75, 3.05) is 13.1 Å². The largest absolute Gasteiger partial charge is 0.350 e. The van der Waals surface area contributed by atoms with Crippen molar-refractivity contribution in [1.29, 1.82) is 0 Å². The Balaban J connectivity index is 1.48. The molecule has 1 aromatic rings. The quantitative estimate of drug-likeness (QED) is 0.868. The molecule has 0 bridgehead atoms. The molecule has 2 aliphatic rings. The summed E-state index contributed by atoms with van der Waals surface area (Å²) >= 11 is 0. The Bertz CT molecular complexity index is 451. The van der Waals surface area contributed by atoms with Gasteiger partial charge in [0.15, 0.2) is 0 Å². The number of rotatable bonds is 4. The third-order valence-corrected chi connectivity index (χ3v) is 5.02. The Hall–Kier alpha value is -1.36. The number of hydrogen-bond acceptors (Lipinski definition) is 3. The van der Waals surface area contributed by atoms with E-state index in [4.69, 9.17) is 0 Å². The summed E-state index contributed by atoms with van der Waals surface area (Å²) in [4.78, 5) is 14.8. The molecule has 3 rings (SSSR count). The molecular formula is C17H28N4O.